The smallest absolute Gasteiger partial charge is 0.380 e. The van der Waals surface area contributed by atoms with Crippen LogP contribution in [0.15, 0.2) is 60.3 Å². The molecule has 0 saturated carbocycles. The van der Waals surface area contributed by atoms with Crippen molar-refractivity contribution >= 4 is 11.0 Å². The van der Waals surface area contributed by atoms with E-state index in [2.05, 4.69) is 18.4 Å². The summed E-state index contributed by atoms with van der Waals surface area (Å²) in [5, 5.41) is 5.30. The van der Waals surface area contributed by atoms with E-state index in [1.807, 2.05) is 31.1 Å². The van der Waals surface area contributed by atoms with Crippen molar-refractivity contribution in [3.05, 3.63) is 71.5 Å². The highest BCUT2D eigenvalue weighted by Crippen LogP contribution is 2.33. The van der Waals surface area contributed by atoms with Gasteiger partial charge in [0.05, 0.1) is 21.8 Å². The van der Waals surface area contributed by atoms with Gasteiger partial charge in [0, 0.05) is 31.3 Å². The minimum absolute atomic E-state index is 0.0223. The van der Waals surface area contributed by atoms with E-state index in [0.29, 0.717) is 18.4 Å². The molecule has 3 nitrogen and oxygen atoms in total. The SMILES string of the molecule is C=C/C(C#CC1C=CC(S(N)=O)CC1)=C(/CCc1ccccc1C(F)(F)F)N(C)C. The molecule has 3 unspecified atom stereocenters. The van der Waals surface area contributed by atoms with Crippen molar-refractivity contribution in [1.82, 2.24) is 4.90 Å². The third-order valence-corrected chi connectivity index (χ3v) is 6.01. The molecule has 0 saturated heterocycles. The summed E-state index contributed by atoms with van der Waals surface area (Å²) in [4.78, 5) is 1.87. The van der Waals surface area contributed by atoms with Crippen molar-refractivity contribution in [2.45, 2.75) is 37.1 Å². The predicted octanol–water partition coefficient (Wildman–Crippen LogP) is 4.60. The van der Waals surface area contributed by atoms with Gasteiger partial charge in [-0.15, -0.1) is 0 Å². The van der Waals surface area contributed by atoms with E-state index in [1.165, 1.54) is 12.1 Å². The Morgan fingerprint density at radius 3 is 2.53 bits per heavy atom. The van der Waals surface area contributed by atoms with Crippen LogP contribution in [0, 0.1) is 17.8 Å². The molecule has 30 heavy (non-hydrogen) atoms. The highest BCUT2D eigenvalue weighted by atomic mass is 32.2. The van der Waals surface area contributed by atoms with Crippen LogP contribution in [-0.2, 0) is 23.6 Å². The molecule has 0 aromatic heterocycles. The van der Waals surface area contributed by atoms with Gasteiger partial charge in [-0.3, -0.25) is 5.14 Å². The Balaban J connectivity index is 2.23. The van der Waals surface area contributed by atoms with Crippen LogP contribution in [0.4, 0.5) is 13.2 Å². The zero-order valence-corrected chi connectivity index (χ0v) is 18.0. The Bertz CT molecular complexity index is 907. The summed E-state index contributed by atoms with van der Waals surface area (Å²) >= 11 is 0. The number of rotatable bonds is 6. The fraction of sp³-hybridized carbons (Fsp3) is 0.391. The number of benzene rings is 1. The van der Waals surface area contributed by atoms with Gasteiger partial charge in [0.1, 0.15) is 0 Å². The zero-order valence-electron chi connectivity index (χ0n) is 17.2. The Morgan fingerprint density at radius 2 is 2.00 bits per heavy atom. The average Bonchev–Trinajstić information content (AvgIpc) is 2.70. The first-order chi connectivity index (χ1) is 14.1. The summed E-state index contributed by atoms with van der Waals surface area (Å²) < 4.78 is 51.2. The van der Waals surface area contributed by atoms with Gasteiger partial charge in [0.15, 0.2) is 0 Å². The van der Waals surface area contributed by atoms with Crippen molar-refractivity contribution in [2.75, 3.05) is 14.1 Å². The van der Waals surface area contributed by atoms with E-state index in [4.69, 9.17) is 5.14 Å². The maximum Gasteiger partial charge on any atom is 0.416 e. The van der Waals surface area contributed by atoms with Crippen LogP contribution in [0.5, 0.6) is 0 Å². The highest BCUT2D eigenvalue weighted by molar-refractivity contribution is 7.83. The lowest BCUT2D eigenvalue weighted by atomic mass is 9.95. The second-order valence-corrected chi connectivity index (χ2v) is 8.58. The molecule has 0 spiro atoms. The summed E-state index contributed by atoms with van der Waals surface area (Å²) in [7, 11) is 2.32. The van der Waals surface area contributed by atoms with Crippen LogP contribution in [0.2, 0.25) is 0 Å². The standard InChI is InChI=1S/C23H27F3N2OS/c1-4-18(12-9-17-10-14-20(15-11-17)30(27)29)22(28(2)3)16-13-19-7-5-6-8-21(19)23(24,25)26/h4-8,10,14,17,20H,1,11,13,15-16,27H2,2-3H3/b22-18+. The molecule has 162 valence electrons. The number of nitrogens with zero attached hydrogens (tertiary/aromatic N) is 1. The lowest BCUT2D eigenvalue weighted by Crippen LogP contribution is -2.23. The van der Waals surface area contributed by atoms with E-state index in [-0.39, 0.29) is 23.2 Å². The van der Waals surface area contributed by atoms with Crippen molar-refractivity contribution in [1.29, 1.82) is 0 Å². The molecule has 2 rings (SSSR count). The van der Waals surface area contributed by atoms with E-state index >= 15 is 0 Å². The number of alkyl halides is 3. The number of halogens is 3. The summed E-state index contributed by atoms with van der Waals surface area (Å²) in [6.45, 7) is 3.83. The minimum Gasteiger partial charge on any atom is -0.380 e. The van der Waals surface area contributed by atoms with Crippen molar-refractivity contribution < 1.29 is 17.4 Å². The molecule has 0 fully saturated rings. The molecule has 1 aliphatic carbocycles. The van der Waals surface area contributed by atoms with Crippen LogP contribution in [0.3, 0.4) is 0 Å². The molecule has 0 aliphatic heterocycles. The highest BCUT2D eigenvalue weighted by Gasteiger charge is 2.32. The van der Waals surface area contributed by atoms with Gasteiger partial charge in [-0.25, -0.2) is 4.21 Å². The van der Waals surface area contributed by atoms with Gasteiger partial charge in [0.2, 0.25) is 0 Å². The maximum absolute atomic E-state index is 13.3. The fourth-order valence-electron chi connectivity index (χ4n) is 3.39. The number of hydrogen-bond donors (Lipinski definition) is 1. The molecule has 0 bridgehead atoms. The minimum atomic E-state index is -4.38. The van der Waals surface area contributed by atoms with Gasteiger partial charge in [0.25, 0.3) is 0 Å². The largest absolute Gasteiger partial charge is 0.416 e. The Hall–Kier alpha value is -2.30. The normalized spacial score (nSPS) is 20.6. The second kappa shape index (κ2) is 10.6. The van der Waals surface area contributed by atoms with E-state index in [9.17, 15) is 17.4 Å². The van der Waals surface area contributed by atoms with Crippen LogP contribution < -0.4 is 5.14 Å². The van der Waals surface area contributed by atoms with Gasteiger partial charge >= 0.3 is 6.18 Å². The maximum atomic E-state index is 13.3. The first kappa shape index (κ1) is 24.0. The zero-order chi connectivity index (χ0) is 22.3. The Kier molecular flexibility index (Phi) is 8.51. The lowest BCUT2D eigenvalue weighted by Gasteiger charge is -2.20. The van der Waals surface area contributed by atoms with Gasteiger partial charge in [-0.2, -0.15) is 13.2 Å². The summed E-state index contributed by atoms with van der Waals surface area (Å²) in [6, 6.07) is 5.65. The van der Waals surface area contributed by atoms with E-state index < -0.39 is 22.7 Å². The number of aryl methyl sites for hydroxylation is 1. The van der Waals surface area contributed by atoms with Gasteiger partial charge in [-0.05, 0) is 37.3 Å². The monoisotopic (exact) mass is 436 g/mol. The molecule has 0 amide bonds. The number of hydrogen-bond acceptors (Lipinski definition) is 2. The van der Waals surface area contributed by atoms with Crippen LogP contribution in [-0.4, -0.2) is 28.5 Å². The van der Waals surface area contributed by atoms with E-state index in [0.717, 1.165) is 18.2 Å². The van der Waals surface area contributed by atoms with Crippen molar-refractivity contribution in [3.8, 4) is 11.8 Å². The lowest BCUT2D eigenvalue weighted by molar-refractivity contribution is -0.138. The number of allylic oxidation sites excluding steroid dienone is 4. The first-order valence-corrected chi connectivity index (χ1v) is 10.9. The van der Waals surface area contributed by atoms with Crippen LogP contribution in [0.1, 0.15) is 30.4 Å². The van der Waals surface area contributed by atoms with Gasteiger partial charge < -0.3 is 4.90 Å². The van der Waals surface area contributed by atoms with Gasteiger partial charge in [-0.1, -0.05) is 54.8 Å². The topological polar surface area (TPSA) is 46.3 Å². The molecule has 3 atom stereocenters. The Morgan fingerprint density at radius 1 is 1.30 bits per heavy atom. The molecular formula is C23H27F3N2OS. The average molecular weight is 437 g/mol. The molecule has 1 aromatic rings. The van der Waals surface area contributed by atoms with Crippen LogP contribution in [0.25, 0.3) is 0 Å². The summed E-state index contributed by atoms with van der Waals surface area (Å²) in [6.07, 6.45) is 3.15. The summed E-state index contributed by atoms with van der Waals surface area (Å²) in [5.74, 6) is 6.35. The molecule has 1 aliphatic rings. The third kappa shape index (κ3) is 6.61. The van der Waals surface area contributed by atoms with Crippen molar-refractivity contribution in [2.24, 2.45) is 11.1 Å². The Labute approximate surface area is 179 Å². The molecule has 7 heteroatoms. The molecule has 1 aromatic carbocycles. The summed E-state index contributed by atoms with van der Waals surface area (Å²) in [5.41, 5.74) is 1.18. The van der Waals surface area contributed by atoms with Crippen molar-refractivity contribution in [3.63, 3.8) is 0 Å². The number of nitrogens with two attached hydrogens (primary N) is 1. The van der Waals surface area contributed by atoms with E-state index in [1.54, 1.807) is 12.1 Å². The first-order valence-electron chi connectivity index (χ1n) is 9.66. The van der Waals surface area contributed by atoms with Crippen LogP contribution >= 0.6 is 0 Å². The fourth-order valence-corrected chi connectivity index (χ4v) is 4.00. The molecular weight excluding hydrogens is 409 g/mol. The molecule has 0 heterocycles. The second-order valence-electron chi connectivity index (χ2n) is 7.32. The molecule has 2 N–H and O–H groups in total. The molecule has 0 radical (unpaired) electrons. The predicted molar refractivity (Wildman–Crippen MR) is 116 cm³/mol. The third-order valence-electron chi connectivity index (χ3n) is 5.02. The quantitative estimate of drug-likeness (QED) is 0.402.